The number of ether oxygens (including phenoxy) is 1. The number of hydrogen-bond acceptors (Lipinski definition) is 4. The van der Waals surface area contributed by atoms with Crippen LogP contribution in [0.4, 0.5) is 36.4 Å². The van der Waals surface area contributed by atoms with E-state index in [4.69, 9.17) is 0 Å². The van der Waals surface area contributed by atoms with Gasteiger partial charge in [-0.1, -0.05) is 30.3 Å². The standard InChI is InChI=1S/C19H16F7NO3/c20-17(21)19(25,26)30-15-7-2-1-5-13(15)9-27(10-16(29)18(22,23)24)14-6-3-4-12(8-14)11-28/h1-8,11,16-17,29H,9-10H2. The van der Waals surface area contributed by atoms with Crippen molar-refractivity contribution in [2.75, 3.05) is 11.4 Å². The molecule has 0 fully saturated rings. The number of para-hydroxylation sites is 1. The third kappa shape index (κ3) is 6.09. The van der Waals surface area contributed by atoms with Gasteiger partial charge in [-0.2, -0.15) is 30.7 Å². The van der Waals surface area contributed by atoms with Gasteiger partial charge in [0.05, 0.1) is 6.54 Å². The van der Waals surface area contributed by atoms with E-state index in [1.54, 1.807) is 0 Å². The number of nitrogens with zero attached hydrogens (tertiary/aromatic N) is 1. The smallest absolute Gasteiger partial charge is 0.428 e. The monoisotopic (exact) mass is 439 g/mol. The molecule has 2 aromatic rings. The highest BCUT2D eigenvalue weighted by atomic mass is 19.4. The van der Waals surface area contributed by atoms with Crippen LogP contribution in [0.5, 0.6) is 5.75 Å². The molecule has 2 rings (SSSR count). The zero-order valence-corrected chi connectivity index (χ0v) is 15.1. The zero-order chi connectivity index (χ0) is 22.5. The SMILES string of the molecule is O=Cc1cccc(N(Cc2ccccc2OC(F)(F)C(F)F)CC(O)C(F)(F)F)c1. The summed E-state index contributed by atoms with van der Waals surface area (Å²) in [5.74, 6) is -0.666. The lowest BCUT2D eigenvalue weighted by Crippen LogP contribution is -2.41. The lowest BCUT2D eigenvalue weighted by atomic mass is 10.1. The maximum atomic E-state index is 13.3. The van der Waals surface area contributed by atoms with Crippen molar-refractivity contribution in [3.8, 4) is 5.75 Å². The Balaban J connectivity index is 2.40. The Morgan fingerprint density at radius 1 is 1.03 bits per heavy atom. The van der Waals surface area contributed by atoms with Crippen LogP contribution in [-0.4, -0.2) is 42.8 Å². The lowest BCUT2D eigenvalue weighted by Gasteiger charge is -2.29. The number of anilines is 1. The van der Waals surface area contributed by atoms with Crippen LogP contribution in [0.15, 0.2) is 48.5 Å². The lowest BCUT2D eigenvalue weighted by molar-refractivity contribution is -0.253. The first kappa shape index (κ1) is 23.5. The van der Waals surface area contributed by atoms with Gasteiger partial charge in [0, 0.05) is 23.4 Å². The predicted molar refractivity (Wildman–Crippen MR) is 93.0 cm³/mol. The summed E-state index contributed by atoms with van der Waals surface area (Å²) in [4.78, 5) is 11.9. The van der Waals surface area contributed by atoms with Gasteiger partial charge in [0.15, 0.2) is 6.10 Å². The zero-order valence-electron chi connectivity index (χ0n) is 15.1. The molecular weight excluding hydrogens is 423 g/mol. The minimum absolute atomic E-state index is 0.0679. The van der Waals surface area contributed by atoms with Crippen LogP contribution in [0.1, 0.15) is 15.9 Å². The average molecular weight is 439 g/mol. The predicted octanol–water partition coefficient (Wildman–Crippen LogP) is 4.67. The highest BCUT2D eigenvalue weighted by molar-refractivity contribution is 5.77. The maximum Gasteiger partial charge on any atom is 0.461 e. The molecule has 4 nitrogen and oxygen atoms in total. The van der Waals surface area contributed by atoms with Gasteiger partial charge in [0.2, 0.25) is 0 Å². The molecule has 0 saturated heterocycles. The van der Waals surface area contributed by atoms with E-state index in [0.717, 1.165) is 11.0 Å². The molecule has 0 aliphatic heterocycles. The molecule has 30 heavy (non-hydrogen) atoms. The van der Waals surface area contributed by atoms with E-state index in [0.29, 0.717) is 6.29 Å². The van der Waals surface area contributed by atoms with E-state index in [2.05, 4.69) is 4.74 Å². The Morgan fingerprint density at radius 3 is 2.30 bits per heavy atom. The summed E-state index contributed by atoms with van der Waals surface area (Å²) in [6.07, 6.45) is -16.3. The molecule has 1 unspecified atom stereocenters. The Morgan fingerprint density at radius 2 is 1.70 bits per heavy atom. The Labute approximate surface area is 166 Å². The molecule has 1 N–H and O–H groups in total. The molecule has 0 saturated carbocycles. The number of aliphatic hydroxyl groups is 1. The van der Waals surface area contributed by atoms with Crippen LogP contribution in [0.25, 0.3) is 0 Å². The van der Waals surface area contributed by atoms with E-state index >= 15 is 0 Å². The fourth-order valence-electron chi connectivity index (χ4n) is 2.50. The fourth-order valence-corrected chi connectivity index (χ4v) is 2.50. The van der Waals surface area contributed by atoms with Gasteiger partial charge in [-0.15, -0.1) is 0 Å². The third-order valence-corrected chi connectivity index (χ3v) is 3.98. The van der Waals surface area contributed by atoms with Crippen molar-refractivity contribution in [2.24, 2.45) is 0 Å². The largest absolute Gasteiger partial charge is 0.461 e. The molecule has 0 aromatic heterocycles. The number of benzene rings is 2. The van der Waals surface area contributed by atoms with E-state index in [1.807, 2.05) is 0 Å². The van der Waals surface area contributed by atoms with Crippen LogP contribution < -0.4 is 9.64 Å². The molecule has 164 valence electrons. The van der Waals surface area contributed by atoms with Crippen molar-refractivity contribution < 1.29 is 45.4 Å². The highest BCUT2D eigenvalue weighted by Gasteiger charge is 2.44. The van der Waals surface area contributed by atoms with Gasteiger partial charge in [-0.25, -0.2) is 0 Å². The van der Waals surface area contributed by atoms with Crippen molar-refractivity contribution in [1.82, 2.24) is 0 Å². The molecule has 1 atom stereocenters. The maximum absolute atomic E-state index is 13.3. The number of rotatable bonds is 9. The molecule has 0 radical (unpaired) electrons. The highest BCUT2D eigenvalue weighted by Crippen LogP contribution is 2.32. The number of halogens is 7. The second-order valence-corrected chi connectivity index (χ2v) is 6.22. The van der Waals surface area contributed by atoms with Crippen molar-refractivity contribution >= 4 is 12.0 Å². The van der Waals surface area contributed by atoms with Crippen LogP contribution in [-0.2, 0) is 6.54 Å². The number of aliphatic hydroxyl groups excluding tert-OH is 1. The second kappa shape index (κ2) is 9.33. The number of hydrogen-bond donors (Lipinski definition) is 1. The van der Waals surface area contributed by atoms with Gasteiger partial charge in [0.1, 0.15) is 12.0 Å². The van der Waals surface area contributed by atoms with Crippen molar-refractivity contribution in [2.45, 2.75) is 31.4 Å². The molecule has 0 aliphatic carbocycles. The fraction of sp³-hybridized carbons (Fsp3) is 0.316. The number of carbonyl (C=O) groups excluding carboxylic acids is 1. The van der Waals surface area contributed by atoms with Gasteiger partial charge in [-0.3, -0.25) is 4.79 Å². The van der Waals surface area contributed by atoms with E-state index in [-0.39, 0.29) is 16.8 Å². The first-order valence-electron chi connectivity index (χ1n) is 8.42. The summed E-state index contributed by atoms with van der Waals surface area (Å²) >= 11 is 0. The summed E-state index contributed by atoms with van der Waals surface area (Å²) in [5.41, 5.74) is 0.0507. The third-order valence-electron chi connectivity index (χ3n) is 3.98. The van der Waals surface area contributed by atoms with E-state index < -0.39 is 43.7 Å². The topological polar surface area (TPSA) is 49.8 Å². The van der Waals surface area contributed by atoms with Gasteiger partial charge in [0.25, 0.3) is 0 Å². The van der Waals surface area contributed by atoms with Crippen LogP contribution in [0.2, 0.25) is 0 Å². The van der Waals surface area contributed by atoms with E-state index in [1.165, 1.54) is 42.5 Å². The number of aldehydes is 1. The normalized spacial score (nSPS) is 13.2. The van der Waals surface area contributed by atoms with Gasteiger partial charge < -0.3 is 14.7 Å². The second-order valence-electron chi connectivity index (χ2n) is 6.22. The molecule has 0 heterocycles. The Kier molecular flexibility index (Phi) is 7.30. The quantitative estimate of drug-likeness (QED) is 0.456. The van der Waals surface area contributed by atoms with Crippen molar-refractivity contribution in [1.29, 1.82) is 0 Å². The van der Waals surface area contributed by atoms with Gasteiger partial charge >= 0.3 is 18.7 Å². The van der Waals surface area contributed by atoms with Crippen LogP contribution >= 0.6 is 0 Å². The molecule has 0 bridgehead atoms. The molecule has 0 spiro atoms. The molecule has 0 amide bonds. The molecule has 2 aromatic carbocycles. The summed E-state index contributed by atoms with van der Waals surface area (Å²) in [6.45, 7) is -1.52. The molecule has 11 heteroatoms. The minimum atomic E-state index is -4.97. The van der Waals surface area contributed by atoms with Crippen LogP contribution in [0.3, 0.4) is 0 Å². The minimum Gasteiger partial charge on any atom is -0.428 e. The van der Waals surface area contributed by atoms with Crippen molar-refractivity contribution in [3.63, 3.8) is 0 Å². The molecular formula is C19H16F7NO3. The Hall–Kier alpha value is -2.82. The summed E-state index contributed by atoms with van der Waals surface area (Å²) < 4.78 is 94.3. The van der Waals surface area contributed by atoms with Crippen LogP contribution in [0, 0.1) is 0 Å². The first-order chi connectivity index (χ1) is 13.9. The van der Waals surface area contributed by atoms with Crippen molar-refractivity contribution in [3.05, 3.63) is 59.7 Å². The summed E-state index contributed by atoms with van der Waals surface area (Å²) in [5, 5.41) is 9.46. The molecule has 0 aliphatic rings. The number of alkyl halides is 7. The Bertz CT molecular complexity index is 858. The van der Waals surface area contributed by atoms with Gasteiger partial charge in [-0.05, 0) is 18.2 Å². The number of carbonyl (C=O) groups is 1. The summed E-state index contributed by atoms with van der Waals surface area (Å²) in [6, 6.07) is 10.1. The average Bonchev–Trinajstić information content (AvgIpc) is 2.67. The van der Waals surface area contributed by atoms with E-state index in [9.17, 15) is 40.6 Å². The summed E-state index contributed by atoms with van der Waals surface area (Å²) in [7, 11) is 0. The first-order valence-corrected chi connectivity index (χ1v) is 8.42.